The molecule has 19 heavy (non-hydrogen) atoms. The Labute approximate surface area is 110 Å². The fraction of sp³-hybridized carbons (Fsp3) is 0.429. The average Bonchev–Trinajstić information content (AvgIpc) is 2.74. The van der Waals surface area contributed by atoms with Gasteiger partial charge in [0.2, 0.25) is 5.76 Å². The largest absolute Gasteiger partial charge is 0.475 e. The molecule has 0 fully saturated rings. The van der Waals surface area contributed by atoms with Gasteiger partial charge in [-0.1, -0.05) is 13.8 Å². The third-order valence-corrected chi connectivity index (χ3v) is 3.72. The second-order valence-electron chi connectivity index (χ2n) is 5.53. The molecule has 1 aliphatic carbocycles. The third kappa shape index (κ3) is 1.90. The van der Waals surface area contributed by atoms with E-state index >= 15 is 0 Å². The van der Waals surface area contributed by atoms with E-state index in [0.29, 0.717) is 5.57 Å². The molecule has 0 aromatic carbocycles. The highest BCUT2D eigenvalue weighted by atomic mass is 16.4. The van der Waals surface area contributed by atoms with Gasteiger partial charge in [0, 0.05) is 11.8 Å². The molecule has 0 radical (unpaired) electrons. The number of furan rings is 1. The summed E-state index contributed by atoms with van der Waals surface area (Å²) in [4.78, 5) is 22.5. The smallest absolute Gasteiger partial charge is 0.371 e. The fourth-order valence-electron chi connectivity index (χ4n) is 2.67. The lowest BCUT2D eigenvalue weighted by molar-refractivity contribution is -0.126. The Bertz CT molecular complexity index is 578. The van der Waals surface area contributed by atoms with Crippen molar-refractivity contribution < 1.29 is 24.2 Å². The molecule has 0 saturated heterocycles. The quantitative estimate of drug-likeness (QED) is 0.854. The van der Waals surface area contributed by atoms with Crippen LogP contribution in [0, 0.1) is 5.41 Å². The number of aliphatic hydroxyl groups is 1. The van der Waals surface area contributed by atoms with Crippen molar-refractivity contribution in [2.24, 2.45) is 5.41 Å². The zero-order valence-corrected chi connectivity index (χ0v) is 11.1. The molecule has 1 aromatic heterocycles. The van der Waals surface area contributed by atoms with Crippen LogP contribution in [0.15, 0.2) is 28.2 Å². The van der Waals surface area contributed by atoms with Crippen LogP contribution in [-0.4, -0.2) is 22.0 Å². The minimum absolute atomic E-state index is 0.0582. The maximum absolute atomic E-state index is 11.6. The maximum Gasteiger partial charge on any atom is 0.371 e. The Morgan fingerprint density at radius 3 is 2.47 bits per heavy atom. The first-order valence-corrected chi connectivity index (χ1v) is 5.96. The van der Waals surface area contributed by atoms with Gasteiger partial charge in [0.05, 0.1) is 0 Å². The van der Waals surface area contributed by atoms with E-state index in [4.69, 9.17) is 9.52 Å². The zero-order chi connectivity index (χ0) is 14.4. The van der Waals surface area contributed by atoms with Crippen LogP contribution in [-0.2, 0) is 10.4 Å². The molecular formula is C14H16O5. The molecule has 0 amide bonds. The van der Waals surface area contributed by atoms with Gasteiger partial charge in [0.25, 0.3) is 0 Å². The molecule has 1 aromatic rings. The van der Waals surface area contributed by atoms with Crippen LogP contribution in [0.5, 0.6) is 0 Å². The van der Waals surface area contributed by atoms with Crippen LogP contribution in [0.4, 0.5) is 0 Å². The molecule has 1 aliphatic rings. The molecule has 1 heterocycles. The van der Waals surface area contributed by atoms with Gasteiger partial charge in [0.1, 0.15) is 11.4 Å². The van der Waals surface area contributed by atoms with Crippen molar-refractivity contribution in [1.82, 2.24) is 0 Å². The lowest BCUT2D eigenvalue weighted by atomic mass is 9.64. The Morgan fingerprint density at radius 1 is 1.37 bits per heavy atom. The number of carboxylic acids is 1. The number of hydrogen-bond donors (Lipinski definition) is 2. The molecular weight excluding hydrogens is 248 g/mol. The summed E-state index contributed by atoms with van der Waals surface area (Å²) in [5, 5.41) is 19.8. The first-order chi connectivity index (χ1) is 8.68. The van der Waals surface area contributed by atoms with Crippen LogP contribution in [0.3, 0.4) is 0 Å². The number of hydrogen-bond acceptors (Lipinski definition) is 4. The molecule has 0 spiro atoms. The molecule has 2 N–H and O–H groups in total. The van der Waals surface area contributed by atoms with Crippen LogP contribution in [0.1, 0.15) is 43.5 Å². The van der Waals surface area contributed by atoms with Gasteiger partial charge < -0.3 is 14.6 Å². The summed E-state index contributed by atoms with van der Waals surface area (Å²) >= 11 is 0. The van der Waals surface area contributed by atoms with Gasteiger partial charge in [-0.3, -0.25) is 4.79 Å². The lowest BCUT2D eigenvalue weighted by Crippen LogP contribution is -2.46. The van der Waals surface area contributed by atoms with E-state index in [1.54, 1.807) is 20.8 Å². The number of aromatic carboxylic acids is 1. The Morgan fingerprint density at radius 2 is 2.00 bits per heavy atom. The van der Waals surface area contributed by atoms with E-state index in [2.05, 4.69) is 0 Å². The van der Waals surface area contributed by atoms with Crippen molar-refractivity contribution in [3.63, 3.8) is 0 Å². The van der Waals surface area contributed by atoms with Crippen molar-refractivity contribution in [3.8, 4) is 0 Å². The highest BCUT2D eigenvalue weighted by Gasteiger charge is 2.52. The van der Waals surface area contributed by atoms with E-state index < -0.39 is 17.0 Å². The molecule has 0 saturated carbocycles. The number of carbonyl (C=O) groups excluding carboxylic acids is 1. The Balaban J connectivity index is 2.58. The average molecular weight is 264 g/mol. The predicted octanol–water partition coefficient (Wildman–Crippen LogP) is 2.11. The van der Waals surface area contributed by atoms with Gasteiger partial charge in [-0.25, -0.2) is 4.79 Å². The summed E-state index contributed by atoms with van der Waals surface area (Å²) < 4.78 is 5.23. The second kappa shape index (κ2) is 4.06. The topological polar surface area (TPSA) is 87.7 Å². The summed E-state index contributed by atoms with van der Waals surface area (Å²) in [7, 11) is 0. The van der Waals surface area contributed by atoms with Crippen molar-refractivity contribution in [2.45, 2.75) is 32.8 Å². The molecule has 102 valence electrons. The van der Waals surface area contributed by atoms with Crippen molar-refractivity contribution in [1.29, 1.82) is 0 Å². The molecule has 1 unspecified atom stereocenters. The first kappa shape index (κ1) is 13.5. The fourth-order valence-corrected chi connectivity index (χ4v) is 2.67. The van der Waals surface area contributed by atoms with Gasteiger partial charge in [-0.05, 0) is 30.7 Å². The van der Waals surface area contributed by atoms with Crippen LogP contribution in [0.2, 0.25) is 0 Å². The van der Waals surface area contributed by atoms with Gasteiger partial charge >= 0.3 is 5.97 Å². The van der Waals surface area contributed by atoms with E-state index in [0.717, 1.165) is 0 Å². The molecule has 1 atom stereocenters. The summed E-state index contributed by atoms with van der Waals surface area (Å²) in [6.45, 7) is 5.15. The summed E-state index contributed by atoms with van der Waals surface area (Å²) in [5.41, 5.74) is -1.79. The second-order valence-corrected chi connectivity index (χ2v) is 5.53. The van der Waals surface area contributed by atoms with E-state index in [1.165, 1.54) is 18.2 Å². The number of carboxylic acid groups (broad SMARTS) is 1. The molecule has 0 bridgehead atoms. The Kier molecular flexibility index (Phi) is 2.90. The predicted molar refractivity (Wildman–Crippen MR) is 66.7 cm³/mol. The summed E-state index contributed by atoms with van der Waals surface area (Å²) in [6.07, 6.45) is 1.55. The standard InChI is InChI=1S/C14H16O5/c1-8-6-9(15)7-13(2,3)14(8,18)11-5-4-10(19-11)12(16)17/h4-6,18H,7H2,1-3H3,(H,16,17). The minimum atomic E-state index is -1.48. The van der Waals surface area contributed by atoms with Crippen molar-refractivity contribution in [3.05, 3.63) is 35.3 Å². The Hall–Kier alpha value is -1.88. The number of allylic oxidation sites excluding steroid dienone is 1. The molecule has 0 aliphatic heterocycles. The first-order valence-electron chi connectivity index (χ1n) is 5.96. The SMILES string of the molecule is CC1=CC(=O)CC(C)(C)C1(O)c1ccc(C(=O)O)o1. The maximum atomic E-state index is 11.6. The van der Waals surface area contributed by atoms with E-state index in [1.807, 2.05) is 0 Å². The molecule has 2 rings (SSSR count). The summed E-state index contributed by atoms with van der Waals surface area (Å²) in [6, 6.07) is 2.74. The van der Waals surface area contributed by atoms with Crippen LogP contribution < -0.4 is 0 Å². The van der Waals surface area contributed by atoms with Crippen molar-refractivity contribution in [2.75, 3.05) is 0 Å². The number of ketones is 1. The minimum Gasteiger partial charge on any atom is -0.475 e. The van der Waals surface area contributed by atoms with E-state index in [-0.39, 0.29) is 23.7 Å². The monoisotopic (exact) mass is 264 g/mol. The van der Waals surface area contributed by atoms with Gasteiger partial charge in [-0.2, -0.15) is 0 Å². The molecule has 5 heteroatoms. The van der Waals surface area contributed by atoms with Crippen molar-refractivity contribution >= 4 is 11.8 Å². The number of carbonyl (C=O) groups is 2. The molecule has 5 nitrogen and oxygen atoms in total. The lowest BCUT2D eigenvalue weighted by Gasteiger charge is -2.44. The zero-order valence-electron chi connectivity index (χ0n) is 11.1. The third-order valence-electron chi connectivity index (χ3n) is 3.72. The van der Waals surface area contributed by atoms with Gasteiger partial charge in [-0.15, -0.1) is 0 Å². The highest BCUT2D eigenvalue weighted by molar-refractivity contribution is 5.92. The summed E-state index contributed by atoms with van der Waals surface area (Å²) in [5.74, 6) is -1.33. The highest BCUT2D eigenvalue weighted by Crippen LogP contribution is 2.50. The van der Waals surface area contributed by atoms with Crippen LogP contribution >= 0.6 is 0 Å². The normalized spacial score (nSPS) is 26.1. The number of rotatable bonds is 2. The van der Waals surface area contributed by atoms with Crippen LogP contribution in [0.25, 0.3) is 0 Å². The van der Waals surface area contributed by atoms with E-state index in [9.17, 15) is 14.7 Å². The van der Waals surface area contributed by atoms with Gasteiger partial charge in [0.15, 0.2) is 5.78 Å².